The van der Waals surface area contributed by atoms with Crippen LogP contribution < -0.4 is 16.2 Å². The Hall–Kier alpha value is -1.40. The van der Waals surface area contributed by atoms with Crippen molar-refractivity contribution in [1.82, 2.24) is 9.78 Å². The van der Waals surface area contributed by atoms with Crippen molar-refractivity contribution < 1.29 is 4.74 Å². The Morgan fingerprint density at radius 2 is 2.44 bits per heavy atom. The quantitative estimate of drug-likeness (QED) is 0.804. The van der Waals surface area contributed by atoms with Gasteiger partial charge in [0.15, 0.2) is 0 Å². The second-order valence-electron chi connectivity index (χ2n) is 4.80. The van der Waals surface area contributed by atoms with Gasteiger partial charge in [-0.15, -0.1) is 0 Å². The number of ether oxygens (including phenoxy) is 1. The summed E-state index contributed by atoms with van der Waals surface area (Å²) in [6.45, 7) is 4.01. The summed E-state index contributed by atoms with van der Waals surface area (Å²) in [5.41, 5.74) is 6.42. The molecule has 100 valence electrons. The van der Waals surface area contributed by atoms with Crippen LogP contribution >= 0.6 is 0 Å². The van der Waals surface area contributed by atoms with Crippen LogP contribution in [0.2, 0.25) is 0 Å². The summed E-state index contributed by atoms with van der Waals surface area (Å²) in [4.78, 5) is 14.0. The molecule has 1 aliphatic rings. The van der Waals surface area contributed by atoms with Gasteiger partial charge in [-0.3, -0.25) is 4.79 Å². The van der Waals surface area contributed by atoms with E-state index in [1.807, 2.05) is 6.92 Å². The summed E-state index contributed by atoms with van der Waals surface area (Å²) in [5, 5.41) is 4.16. The Morgan fingerprint density at radius 3 is 3.00 bits per heavy atom. The van der Waals surface area contributed by atoms with Crippen molar-refractivity contribution in [2.75, 3.05) is 25.1 Å². The first-order valence-corrected chi connectivity index (χ1v) is 6.20. The first-order valence-electron chi connectivity index (χ1n) is 6.20. The second-order valence-corrected chi connectivity index (χ2v) is 4.80. The standard InChI is InChI=1S/C12H20N4O2/c1-9(13)7-16-12(17)5-10(6-14-16)15-4-3-11(8-15)18-2/h5-6,9,11H,3-4,7-8,13H2,1-2H3/t9-,11?/m1/s1. The van der Waals surface area contributed by atoms with Crippen LogP contribution in [0, 0.1) is 0 Å². The molecule has 2 heterocycles. The first kappa shape index (κ1) is 13.0. The zero-order chi connectivity index (χ0) is 13.1. The van der Waals surface area contributed by atoms with Crippen LogP contribution in [0.4, 0.5) is 5.69 Å². The normalized spacial score (nSPS) is 21.3. The van der Waals surface area contributed by atoms with E-state index in [1.165, 1.54) is 4.68 Å². The van der Waals surface area contributed by atoms with Crippen LogP contribution in [-0.2, 0) is 11.3 Å². The SMILES string of the molecule is COC1CCN(c2cnn(C[C@@H](C)N)c(=O)c2)C1. The molecule has 18 heavy (non-hydrogen) atoms. The summed E-state index contributed by atoms with van der Waals surface area (Å²) in [5.74, 6) is 0. The fourth-order valence-electron chi connectivity index (χ4n) is 2.16. The van der Waals surface area contributed by atoms with E-state index in [2.05, 4.69) is 10.00 Å². The molecule has 1 aromatic rings. The lowest BCUT2D eigenvalue weighted by molar-refractivity contribution is 0.121. The van der Waals surface area contributed by atoms with Crippen LogP contribution in [0.3, 0.4) is 0 Å². The largest absolute Gasteiger partial charge is 0.380 e. The molecular weight excluding hydrogens is 232 g/mol. The van der Waals surface area contributed by atoms with E-state index in [0.717, 1.165) is 25.2 Å². The number of rotatable bonds is 4. The lowest BCUT2D eigenvalue weighted by atomic mass is 10.3. The van der Waals surface area contributed by atoms with E-state index in [4.69, 9.17) is 10.5 Å². The molecule has 1 fully saturated rings. The summed E-state index contributed by atoms with van der Waals surface area (Å²) >= 11 is 0. The topological polar surface area (TPSA) is 73.4 Å². The maximum Gasteiger partial charge on any atom is 0.268 e. The Morgan fingerprint density at radius 1 is 1.67 bits per heavy atom. The van der Waals surface area contributed by atoms with Crippen LogP contribution in [0.1, 0.15) is 13.3 Å². The molecule has 0 radical (unpaired) electrons. The van der Waals surface area contributed by atoms with Gasteiger partial charge in [0.1, 0.15) is 0 Å². The van der Waals surface area contributed by atoms with Crippen LogP contribution in [0.15, 0.2) is 17.1 Å². The van der Waals surface area contributed by atoms with Gasteiger partial charge in [-0.1, -0.05) is 0 Å². The molecule has 1 unspecified atom stereocenters. The fraction of sp³-hybridized carbons (Fsp3) is 0.667. The monoisotopic (exact) mass is 252 g/mol. The van der Waals surface area contributed by atoms with Crippen LogP contribution in [-0.4, -0.2) is 42.1 Å². The van der Waals surface area contributed by atoms with Gasteiger partial charge < -0.3 is 15.4 Å². The molecule has 2 N–H and O–H groups in total. The Kier molecular flexibility index (Phi) is 3.98. The van der Waals surface area contributed by atoms with E-state index in [0.29, 0.717) is 6.54 Å². The molecule has 0 amide bonds. The van der Waals surface area contributed by atoms with E-state index < -0.39 is 0 Å². The van der Waals surface area contributed by atoms with Crippen LogP contribution in [0.25, 0.3) is 0 Å². The molecule has 0 bridgehead atoms. The van der Waals surface area contributed by atoms with Crippen molar-refractivity contribution in [3.63, 3.8) is 0 Å². The number of hydrogen-bond acceptors (Lipinski definition) is 5. The Labute approximate surface area is 106 Å². The van der Waals surface area contributed by atoms with Gasteiger partial charge in [-0.2, -0.15) is 5.10 Å². The van der Waals surface area contributed by atoms with E-state index >= 15 is 0 Å². The molecular formula is C12H20N4O2. The number of hydrogen-bond donors (Lipinski definition) is 1. The molecule has 1 aliphatic heterocycles. The lowest BCUT2D eigenvalue weighted by Gasteiger charge is -2.18. The number of aromatic nitrogens is 2. The number of nitrogens with two attached hydrogens (primary N) is 1. The minimum Gasteiger partial charge on any atom is -0.380 e. The van der Waals surface area contributed by atoms with Gasteiger partial charge in [0.2, 0.25) is 0 Å². The Bertz CT molecular complexity index is 458. The second kappa shape index (κ2) is 5.49. The van der Waals surface area contributed by atoms with Gasteiger partial charge in [0.05, 0.1) is 24.5 Å². The number of nitrogens with zero attached hydrogens (tertiary/aromatic N) is 3. The predicted octanol–water partition coefficient (Wildman–Crippen LogP) is -0.184. The third-order valence-corrected chi connectivity index (χ3v) is 3.16. The molecule has 1 aromatic heterocycles. The molecule has 2 rings (SSSR count). The van der Waals surface area contributed by atoms with Crippen molar-refractivity contribution in [3.05, 3.63) is 22.6 Å². The van der Waals surface area contributed by atoms with Crippen molar-refractivity contribution in [2.24, 2.45) is 5.73 Å². The predicted molar refractivity (Wildman–Crippen MR) is 69.8 cm³/mol. The van der Waals surface area contributed by atoms with E-state index in [9.17, 15) is 4.79 Å². The van der Waals surface area contributed by atoms with Crippen molar-refractivity contribution in [3.8, 4) is 0 Å². The highest BCUT2D eigenvalue weighted by molar-refractivity contribution is 5.44. The maximum absolute atomic E-state index is 11.9. The molecule has 6 nitrogen and oxygen atoms in total. The smallest absolute Gasteiger partial charge is 0.268 e. The third-order valence-electron chi connectivity index (χ3n) is 3.16. The van der Waals surface area contributed by atoms with Gasteiger partial charge in [0, 0.05) is 32.3 Å². The molecule has 0 aliphatic carbocycles. The average Bonchev–Trinajstić information content (AvgIpc) is 2.80. The lowest BCUT2D eigenvalue weighted by Crippen LogP contribution is -2.32. The maximum atomic E-state index is 11.9. The first-order chi connectivity index (χ1) is 8.60. The zero-order valence-corrected chi connectivity index (χ0v) is 10.9. The van der Waals surface area contributed by atoms with E-state index in [1.54, 1.807) is 19.4 Å². The molecule has 0 saturated carbocycles. The fourth-order valence-corrected chi connectivity index (χ4v) is 2.16. The third kappa shape index (κ3) is 2.88. The summed E-state index contributed by atoms with van der Waals surface area (Å²) in [6, 6.07) is 1.54. The summed E-state index contributed by atoms with van der Waals surface area (Å²) in [6.07, 6.45) is 2.96. The number of methoxy groups -OCH3 is 1. The van der Waals surface area contributed by atoms with E-state index in [-0.39, 0.29) is 17.7 Å². The van der Waals surface area contributed by atoms with Gasteiger partial charge in [0.25, 0.3) is 5.56 Å². The van der Waals surface area contributed by atoms with Gasteiger partial charge in [-0.05, 0) is 13.3 Å². The van der Waals surface area contributed by atoms with Crippen molar-refractivity contribution >= 4 is 5.69 Å². The summed E-state index contributed by atoms with van der Waals surface area (Å²) in [7, 11) is 1.72. The van der Waals surface area contributed by atoms with Crippen molar-refractivity contribution in [1.29, 1.82) is 0 Å². The minimum atomic E-state index is -0.106. The highest BCUT2D eigenvalue weighted by Gasteiger charge is 2.22. The molecule has 1 saturated heterocycles. The average molecular weight is 252 g/mol. The Balaban J connectivity index is 2.12. The van der Waals surface area contributed by atoms with Gasteiger partial charge in [-0.25, -0.2) is 4.68 Å². The van der Waals surface area contributed by atoms with Crippen LogP contribution in [0.5, 0.6) is 0 Å². The molecule has 2 atom stereocenters. The van der Waals surface area contributed by atoms with Gasteiger partial charge >= 0.3 is 0 Å². The number of anilines is 1. The van der Waals surface area contributed by atoms with Crippen molar-refractivity contribution in [2.45, 2.75) is 32.0 Å². The highest BCUT2D eigenvalue weighted by Crippen LogP contribution is 2.19. The molecule has 0 spiro atoms. The highest BCUT2D eigenvalue weighted by atomic mass is 16.5. The summed E-state index contributed by atoms with van der Waals surface area (Å²) < 4.78 is 6.71. The molecule has 6 heteroatoms. The zero-order valence-electron chi connectivity index (χ0n) is 10.9. The molecule has 0 aromatic carbocycles. The minimum absolute atomic E-state index is 0.0780.